The van der Waals surface area contributed by atoms with Gasteiger partial charge in [-0.3, -0.25) is 0 Å². The lowest BCUT2D eigenvalue weighted by Gasteiger charge is -2.09. The molecule has 6 nitrogen and oxygen atoms in total. The third-order valence-corrected chi connectivity index (χ3v) is 3.64. The average Bonchev–Trinajstić information content (AvgIpc) is 2.62. The van der Waals surface area contributed by atoms with Crippen molar-refractivity contribution in [2.24, 2.45) is 0 Å². The van der Waals surface area contributed by atoms with Gasteiger partial charge in [-0.1, -0.05) is 35.9 Å². The number of carboxylic acids is 1. The summed E-state index contributed by atoms with van der Waals surface area (Å²) in [5, 5.41) is 15.4. The molecule has 6 heteroatoms. The van der Waals surface area contributed by atoms with Crippen molar-refractivity contribution >= 4 is 23.3 Å². The monoisotopic (exact) mass is 334 g/mol. The van der Waals surface area contributed by atoms with Crippen LogP contribution in [0.25, 0.3) is 0 Å². The summed E-state index contributed by atoms with van der Waals surface area (Å²) < 4.78 is 0. The maximum Gasteiger partial charge on any atom is 0.335 e. The van der Waals surface area contributed by atoms with Gasteiger partial charge in [-0.05, 0) is 30.7 Å². The van der Waals surface area contributed by atoms with E-state index in [1.165, 1.54) is 11.9 Å². The molecule has 0 radical (unpaired) electrons. The first kappa shape index (κ1) is 16.4. The molecule has 0 aliphatic heterocycles. The predicted octanol–water partition coefficient (Wildman–Crippen LogP) is 3.84. The van der Waals surface area contributed by atoms with Gasteiger partial charge in [0.05, 0.1) is 5.56 Å². The number of benzene rings is 2. The predicted molar refractivity (Wildman–Crippen MR) is 97.2 cm³/mol. The number of hydrogen-bond acceptors (Lipinski definition) is 5. The van der Waals surface area contributed by atoms with Crippen molar-refractivity contribution in [1.82, 2.24) is 9.97 Å². The highest BCUT2D eigenvalue weighted by molar-refractivity contribution is 5.89. The summed E-state index contributed by atoms with van der Waals surface area (Å²) in [5.74, 6) is 0.309. The standard InChI is InChI=1S/C19H18N4O2/c1-13-5-7-14(8-6-13)11-20-17-10-18(22-12-21-17)23-16-4-2-3-15(9-16)19(24)25/h2-10,12H,11H2,1H3,(H,24,25)(H2,20,21,22,23). The van der Waals surface area contributed by atoms with Gasteiger partial charge in [-0.2, -0.15) is 0 Å². The van der Waals surface area contributed by atoms with Crippen LogP contribution in [-0.4, -0.2) is 21.0 Å². The lowest BCUT2D eigenvalue weighted by atomic mass is 10.1. The van der Waals surface area contributed by atoms with E-state index in [0.717, 1.165) is 5.56 Å². The number of aromatic carboxylic acids is 1. The molecule has 3 N–H and O–H groups in total. The molecule has 126 valence electrons. The van der Waals surface area contributed by atoms with Crippen LogP contribution in [0.5, 0.6) is 0 Å². The van der Waals surface area contributed by atoms with Crippen LogP contribution in [0.15, 0.2) is 60.9 Å². The molecule has 3 rings (SSSR count). The lowest BCUT2D eigenvalue weighted by molar-refractivity contribution is 0.0697. The van der Waals surface area contributed by atoms with Crippen LogP contribution < -0.4 is 10.6 Å². The molecule has 2 aromatic carbocycles. The van der Waals surface area contributed by atoms with Crippen molar-refractivity contribution in [3.63, 3.8) is 0 Å². The van der Waals surface area contributed by atoms with Gasteiger partial charge in [0.1, 0.15) is 18.0 Å². The first-order valence-corrected chi connectivity index (χ1v) is 7.82. The SMILES string of the molecule is Cc1ccc(CNc2cc(Nc3cccc(C(=O)O)c3)ncn2)cc1. The molecule has 0 atom stereocenters. The zero-order valence-corrected chi connectivity index (χ0v) is 13.7. The fraction of sp³-hybridized carbons (Fsp3) is 0.105. The molecule has 0 aliphatic rings. The molecule has 1 aromatic heterocycles. The van der Waals surface area contributed by atoms with Gasteiger partial charge in [0.25, 0.3) is 0 Å². The third kappa shape index (κ3) is 4.54. The number of aryl methyl sites for hydroxylation is 1. The Labute approximate surface area is 145 Å². The molecule has 0 spiro atoms. The topological polar surface area (TPSA) is 87.1 Å². The Morgan fingerprint density at radius 1 is 1.04 bits per heavy atom. The number of hydrogen-bond donors (Lipinski definition) is 3. The van der Waals surface area contributed by atoms with Gasteiger partial charge in [-0.15, -0.1) is 0 Å². The Morgan fingerprint density at radius 3 is 2.56 bits per heavy atom. The van der Waals surface area contributed by atoms with Crippen molar-refractivity contribution in [3.05, 3.63) is 77.6 Å². The maximum absolute atomic E-state index is 11.0. The van der Waals surface area contributed by atoms with Crippen molar-refractivity contribution in [2.45, 2.75) is 13.5 Å². The summed E-state index contributed by atoms with van der Waals surface area (Å²) >= 11 is 0. The molecule has 0 saturated carbocycles. The zero-order valence-electron chi connectivity index (χ0n) is 13.7. The van der Waals surface area contributed by atoms with Crippen LogP contribution in [0, 0.1) is 6.92 Å². The molecule has 0 fully saturated rings. The van der Waals surface area contributed by atoms with Gasteiger partial charge in [-0.25, -0.2) is 14.8 Å². The normalized spacial score (nSPS) is 10.3. The molecular weight excluding hydrogens is 316 g/mol. The largest absolute Gasteiger partial charge is 0.478 e. The van der Waals surface area contributed by atoms with Crippen LogP contribution in [0.1, 0.15) is 21.5 Å². The van der Waals surface area contributed by atoms with E-state index in [1.54, 1.807) is 30.3 Å². The van der Waals surface area contributed by atoms with E-state index in [1.807, 2.05) is 0 Å². The van der Waals surface area contributed by atoms with E-state index >= 15 is 0 Å². The van der Waals surface area contributed by atoms with Gasteiger partial charge in [0.15, 0.2) is 0 Å². The first-order chi connectivity index (χ1) is 12.1. The number of rotatable bonds is 6. The van der Waals surface area contributed by atoms with E-state index < -0.39 is 5.97 Å². The van der Waals surface area contributed by atoms with E-state index in [2.05, 4.69) is 51.8 Å². The van der Waals surface area contributed by atoms with Crippen molar-refractivity contribution in [1.29, 1.82) is 0 Å². The fourth-order valence-corrected chi connectivity index (χ4v) is 2.30. The second-order valence-corrected chi connectivity index (χ2v) is 5.64. The van der Waals surface area contributed by atoms with Gasteiger partial charge in [0, 0.05) is 18.3 Å². The Kier molecular flexibility index (Phi) is 4.89. The minimum Gasteiger partial charge on any atom is -0.478 e. The number of anilines is 3. The van der Waals surface area contributed by atoms with Crippen LogP contribution in [-0.2, 0) is 6.54 Å². The average molecular weight is 334 g/mol. The molecule has 0 amide bonds. The number of carbonyl (C=O) groups is 1. The Balaban J connectivity index is 1.68. The summed E-state index contributed by atoms with van der Waals surface area (Å²) in [7, 11) is 0. The molecule has 0 saturated heterocycles. The number of carboxylic acid groups (broad SMARTS) is 1. The number of aromatic nitrogens is 2. The molecule has 0 bridgehead atoms. The summed E-state index contributed by atoms with van der Waals surface area (Å²) in [4.78, 5) is 19.4. The molecule has 0 unspecified atom stereocenters. The Hall–Kier alpha value is -3.41. The molecule has 1 heterocycles. The van der Waals surface area contributed by atoms with Crippen LogP contribution in [0.4, 0.5) is 17.3 Å². The highest BCUT2D eigenvalue weighted by atomic mass is 16.4. The number of nitrogens with one attached hydrogen (secondary N) is 2. The quantitative estimate of drug-likeness (QED) is 0.635. The number of nitrogens with zero attached hydrogens (tertiary/aromatic N) is 2. The molecule has 3 aromatic rings. The van der Waals surface area contributed by atoms with Crippen molar-refractivity contribution in [3.8, 4) is 0 Å². The van der Waals surface area contributed by atoms with E-state index in [4.69, 9.17) is 5.11 Å². The highest BCUT2D eigenvalue weighted by Crippen LogP contribution is 2.18. The van der Waals surface area contributed by atoms with E-state index in [0.29, 0.717) is 23.9 Å². The first-order valence-electron chi connectivity index (χ1n) is 7.82. The van der Waals surface area contributed by atoms with Gasteiger partial charge in [0.2, 0.25) is 0 Å². The molecular formula is C19H18N4O2. The third-order valence-electron chi connectivity index (χ3n) is 3.64. The molecule has 0 aliphatic carbocycles. The second kappa shape index (κ2) is 7.44. The summed E-state index contributed by atoms with van der Waals surface area (Å²) in [6.45, 7) is 2.71. The van der Waals surface area contributed by atoms with Gasteiger partial charge >= 0.3 is 5.97 Å². The van der Waals surface area contributed by atoms with Crippen LogP contribution in [0.3, 0.4) is 0 Å². The lowest BCUT2D eigenvalue weighted by Crippen LogP contribution is -2.03. The maximum atomic E-state index is 11.0. The zero-order chi connectivity index (χ0) is 17.6. The van der Waals surface area contributed by atoms with Gasteiger partial charge < -0.3 is 15.7 Å². The minimum absolute atomic E-state index is 0.219. The van der Waals surface area contributed by atoms with E-state index in [-0.39, 0.29) is 5.56 Å². The minimum atomic E-state index is -0.966. The van der Waals surface area contributed by atoms with Crippen molar-refractivity contribution < 1.29 is 9.90 Å². The Bertz CT molecular complexity index is 879. The Morgan fingerprint density at radius 2 is 1.80 bits per heavy atom. The van der Waals surface area contributed by atoms with Crippen molar-refractivity contribution in [2.75, 3.05) is 10.6 Å². The summed E-state index contributed by atoms with van der Waals surface area (Å²) in [6, 6.07) is 16.6. The fourth-order valence-electron chi connectivity index (χ4n) is 2.30. The van der Waals surface area contributed by atoms with Crippen LogP contribution in [0.2, 0.25) is 0 Å². The summed E-state index contributed by atoms with van der Waals surface area (Å²) in [5.41, 5.74) is 3.26. The second-order valence-electron chi connectivity index (χ2n) is 5.64. The summed E-state index contributed by atoms with van der Waals surface area (Å²) in [6.07, 6.45) is 1.46. The van der Waals surface area contributed by atoms with Crippen LogP contribution >= 0.6 is 0 Å². The smallest absolute Gasteiger partial charge is 0.335 e. The van der Waals surface area contributed by atoms with E-state index in [9.17, 15) is 4.79 Å². The molecule has 25 heavy (non-hydrogen) atoms. The highest BCUT2D eigenvalue weighted by Gasteiger charge is 2.05.